The second kappa shape index (κ2) is 11.9. The number of carbonyl (C=O) groups excluding carboxylic acids is 1. The van der Waals surface area contributed by atoms with Crippen LogP contribution in [0.15, 0.2) is 53.0 Å². The highest BCUT2D eigenvalue weighted by Crippen LogP contribution is 2.28. The van der Waals surface area contributed by atoms with Crippen LogP contribution in [0.1, 0.15) is 17.8 Å². The fraction of sp³-hybridized carbons (Fsp3) is 0.250. The average molecular weight is 549 g/mol. The number of rotatable bonds is 10. The van der Waals surface area contributed by atoms with Crippen molar-refractivity contribution in [3.63, 3.8) is 0 Å². The van der Waals surface area contributed by atoms with E-state index < -0.39 is 0 Å². The fourth-order valence-corrected chi connectivity index (χ4v) is 5.10. The van der Waals surface area contributed by atoms with Crippen LogP contribution in [-0.2, 0) is 18.3 Å². The molecule has 0 bridgehead atoms. The lowest BCUT2D eigenvalue weighted by Gasteiger charge is -2.08. The zero-order chi connectivity index (χ0) is 24.8. The van der Waals surface area contributed by atoms with Crippen LogP contribution in [0.2, 0.25) is 10.0 Å². The van der Waals surface area contributed by atoms with Gasteiger partial charge in [0.25, 0.3) is 0 Å². The molecule has 1 amide bonds. The smallest absolute Gasteiger partial charge is 0.236 e. The zero-order valence-electron chi connectivity index (χ0n) is 19.1. The molecule has 4 rings (SSSR count). The number of aryl methyl sites for hydroxylation is 2. The summed E-state index contributed by atoms with van der Waals surface area (Å²) in [6.07, 6.45) is 1.42. The van der Waals surface area contributed by atoms with Gasteiger partial charge in [0.2, 0.25) is 5.91 Å². The number of anilines is 1. The van der Waals surface area contributed by atoms with Crippen molar-refractivity contribution in [3.05, 3.63) is 69.3 Å². The summed E-state index contributed by atoms with van der Waals surface area (Å²) in [6, 6.07) is 13.3. The van der Waals surface area contributed by atoms with Gasteiger partial charge in [-0.3, -0.25) is 4.79 Å². The van der Waals surface area contributed by atoms with E-state index in [4.69, 9.17) is 27.9 Å². The molecule has 0 aliphatic rings. The molecule has 182 valence electrons. The van der Waals surface area contributed by atoms with Crippen molar-refractivity contribution in [1.29, 1.82) is 0 Å². The number of hydrogen-bond donors (Lipinski definition) is 1. The lowest BCUT2D eigenvalue weighted by atomic mass is 10.1. The molecular formula is C24H23Cl2N5O2S2. The van der Waals surface area contributed by atoms with Crippen molar-refractivity contribution in [2.75, 3.05) is 17.7 Å². The number of benzene rings is 2. The van der Waals surface area contributed by atoms with E-state index in [0.29, 0.717) is 39.1 Å². The van der Waals surface area contributed by atoms with E-state index in [1.807, 2.05) is 48.2 Å². The van der Waals surface area contributed by atoms with Crippen molar-refractivity contribution >= 4 is 57.3 Å². The van der Waals surface area contributed by atoms with Gasteiger partial charge < -0.3 is 14.6 Å². The molecule has 2 heterocycles. The van der Waals surface area contributed by atoms with Crippen LogP contribution in [0.25, 0.3) is 11.3 Å². The molecule has 11 heteroatoms. The number of aromatic nitrogens is 4. The predicted molar refractivity (Wildman–Crippen MR) is 143 cm³/mol. The molecule has 4 aromatic rings. The van der Waals surface area contributed by atoms with Crippen molar-refractivity contribution in [3.8, 4) is 17.0 Å². The van der Waals surface area contributed by atoms with Gasteiger partial charge in [-0.2, -0.15) is 0 Å². The third-order valence-electron chi connectivity index (χ3n) is 5.05. The molecule has 0 saturated heterocycles. The van der Waals surface area contributed by atoms with Gasteiger partial charge in [-0.15, -0.1) is 21.5 Å². The first kappa shape index (κ1) is 25.5. The molecule has 2 aromatic heterocycles. The minimum atomic E-state index is -0.141. The molecule has 0 unspecified atom stereocenters. The van der Waals surface area contributed by atoms with Gasteiger partial charge in [-0.25, -0.2) is 4.98 Å². The Kier molecular flexibility index (Phi) is 8.67. The van der Waals surface area contributed by atoms with Crippen LogP contribution in [-0.4, -0.2) is 38.0 Å². The van der Waals surface area contributed by atoms with Crippen LogP contribution < -0.4 is 10.1 Å². The first-order valence-electron chi connectivity index (χ1n) is 10.8. The second-order valence-electron chi connectivity index (χ2n) is 7.73. The molecule has 7 nitrogen and oxygen atoms in total. The third-order valence-corrected chi connectivity index (χ3v) is 7.36. The number of ether oxygens (including phenoxy) is 1. The van der Waals surface area contributed by atoms with Crippen LogP contribution >= 0.6 is 46.3 Å². The van der Waals surface area contributed by atoms with Crippen molar-refractivity contribution in [2.45, 2.75) is 24.9 Å². The maximum absolute atomic E-state index is 12.4. The molecule has 0 fully saturated rings. The Bertz CT molecular complexity index is 1310. The summed E-state index contributed by atoms with van der Waals surface area (Å²) in [6.45, 7) is 2.53. The average Bonchev–Trinajstić information content (AvgIpc) is 3.43. The SMILES string of the molecule is Cc1ccc(-c2csc(NC(=O)CSc3nnc(CCCOc4ccc(Cl)cc4Cl)n3C)n2)cc1. The summed E-state index contributed by atoms with van der Waals surface area (Å²) < 4.78 is 7.61. The maximum atomic E-state index is 12.4. The van der Waals surface area contributed by atoms with E-state index in [2.05, 4.69) is 20.5 Å². The molecule has 35 heavy (non-hydrogen) atoms. The van der Waals surface area contributed by atoms with Gasteiger partial charge in [-0.1, -0.05) is 64.8 Å². The van der Waals surface area contributed by atoms with Crippen molar-refractivity contribution in [2.24, 2.45) is 7.05 Å². The predicted octanol–water partition coefficient (Wildman–Crippen LogP) is 6.30. The zero-order valence-corrected chi connectivity index (χ0v) is 22.3. The normalized spacial score (nSPS) is 11.0. The number of halogens is 2. The monoisotopic (exact) mass is 547 g/mol. The lowest BCUT2D eigenvalue weighted by Crippen LogP contribution is -2.14. The summed E-state index contributed by atoms with van der Waals surface area (Å²) in [5.41, 5.74) is 3.06. The quantitative estimate of drug-likeness (QED) is 0.185. The Balaban J connectivity index is 1.22. The molecule has 0 radical (unpaired) electrons. The Morgan fingerprint density at radius 3 is 2.74 bits per heavy atom. The first-order chi connectivity index (χ1) is 16.9. The van der Waals surface area contributed by atoms with Gasteiger partial charge in [0.05, 0.1) is 23.1 Å². The first-order valence-corrected chi connectivity index (χ1v) is 13.4. The number of thiazole rings is 1. The molecule has 0 saturated carbocycles. The van der Waals surface area contributed by atoms with Crippen molar-refractivity contribution < 1.29 is 9.53 Å². The van der Waals surface area contributed by atoms with E-state index in [0.717, 1.165) is 23.5 Å². The highest BCUT2D eigenvalue weighted by molar-refractivity contribution is 7.99. The van der Waals surface area contributed by atoms with Crippen LogP contribution in [0.3, 0.4) is 0 Å². The molecule has 0 spiro atoms. The molecule has 2 aromatic carbocycles. The number of nitrogens with one attached hydrogen (secondary N) is 1. The standard InChI is InChI=1S/C24H23Cl2N5O2S2/c1-15-5-7-16(8-6-15)19-13-34-23(27-19)28-22(32)14-35-24-30-29-21(31(24)2)4-3-11-33-20-10-9-17(25)12-18(20)26/h5-10,12-13H,3-4,11,14H2,1-2H3,(H,27,28,32). The fourth-order valence-electron chi connectivity index (χ4n) is 3.17. The van der Waals surface area contributed by atoms with Crippen LogP contribution in [0.4, 0.5) is 5.13 Å². The number of carbonyl (C=O) groups is 1. The second-order valence-corrected chi connectivity index (χ2v) is 10.4. The Hall–Kier alpha value is -2.59. The number of amides is 1. The molecule has 0 atom stereocenters. The Labute approximate surface area is 221 Å². The summed E-state index contributed by atoms with van der Waals surface area (Å²) in [4.78, 5) is 16.9. The summed E-state index contributed by atoms with van der Waals surface area (Å²) >= 11 is 14.8. The Morgan fingerprint density at radius 1 is 1.17 bits per heavy atom. The summed E-state index contributed by atoms with van der Waals surface area (Å²) in [5.74, 6) is 1.49. The van der Waals surface area contributed by atoms with E-state index in [9.17, 15) is 4.79 Å². The number of nitrogens with zero attached hydrogens (tertiary/aromatic N) is 4. The van der Waals surface area contributed by atoms with Crippen LogP contribution in [0.5, 0.6) is 5.75 Å². The van der Waals surface area contributed by atoms with E-state index in [1.165, 1.54) is 28.7 Å². The molecule has 1 N–H and O–H groups in total. The summed E-state index contributed by atoms with van der Waals surface area (Å²) in [5, 5.41) is 15.6. The topological polar surface area (TPSA) is 81.9 Å². The number of hydrogen-bond acceptors (Lipinski definition) is 7. The molecule has 0 aliphatic heterocycles. The van der Waals surface area contributed by atoms with Gasteiger partial charge in [0.15, 0.2) is 10.3 Å². The van der Waals surface area contributed by atoms with Gasteiger partial charge in [0, 0.05) is 29.4 Å². The van der Waals surface area contributed by atoms with Crippen molar-refractivity contribution in [1.82, 2.24) is 19.7 Å². The van der Waals surface area contributed by atoms with Gasteiger partial charge in [-0.05, 0) is 31.5 Å². The largest absolute Gasteiger partial charge is 0.492 e. The molecule has 0 aliphatic carbocycles. The summed E-state index contributed by atoms with van der Waals surface area (Å²) in [7, 11) is 1.89. The minimum absolute atomic E-state index is 0.141. The lowest BCUT2D eigenvalue weighted by molar-refractivity contribution is -0.113. The Morgan fingerprint density at radius 2 is 1.97 bits per heavy atom. The van der Waals surface area contributed by atoms with Crippen LogP contribution in [0, 0.1) is 6.92 Å². The molecular weight excluding hydrogens is 525 g/mol. The number of thioether (sulfide) groups is 1. The van der Waals surface area contributed by atoms with Gasteiger partial charge >= 0.3 is 0 Å². The van der Waals surface area contributed by atoms with E-state index >= 15 is 0 Å². The maximum Gasteiger partial charge on any atom is 0.236 e. The highest BCUT2D eigenvalue weighted by Gasteiger charge is 2.13. The third kappa shape index (κ3) is 6.98. The van der Waals surface area contributed by atoms with E-state index in [-0.39, 0.29) is 11.7 Å². The van der Waals surface area contributed by atoms with Gasteiger partial charge in [0.1, 0.15) is 11.6 Å². The minimum Gasteiger partial charge on any atom is -0.492 e. The van der Waals surface area contributed by atoms with E-state index in [1.54, 1.807) is 18.2 Å². The highest BCUT2D eigenvalue weighted by atomic mass is 35.5.